The first kappa shape index (κ1) is 11.6. The lowest BCUT2D eigenvalue weighted by Gasteiger charge is -2.00. The van der Waals surface area contributed by atoms with Crippen molar-refractivity contribution in [2.45, 2.75) is 0 Å². The molecule has 0 fully saturated rings. The highest BCUT2D eigenvalue weighted by Gasteiger charge is 2.16. The Hall–Kier alpha value is -2.47. The fourth-order valence-corrected chi connectivity index (χ4v) is 2.34. The molecule has 6 heteroatoms. The number of aromatic nitrogens is 3. The maximum Gasteiger partial charge on any atom is 0.281 e. The molecule has 0 aliphatic heterocycles. The van der Waals surface area contributed by atoms with Gasteiger partial charge in [0.05, 0.1) is 4.88 Å². The molecule has 0 saturated heterocycles. The normalized spacial score (nSPS) is 10.5. The van der Waals surface area contributed by atoms with E-state index >= 15 is 0 Å². The van der Waals surface area contributed by atoms with Gasteiger partial charge in [-0.15, -0.1) is 16.4 Å². The zero-order valence-electron chi connectivity index (χ0n) is 9.85. The summed E-state index contributed by atoms with van der Waals surface area (Å²) in [5, 5.41) is 6.09. The average molecular weight is 270 g/mol. The molecule has 3 aromatic rings. The molecule has 0 spiro atoms. The molecule has 0 saturated carbocycles. The Morgan fingerprint density at radius 1 is 1.16 bits per heavy atom. The number of hydrogen-bond acceptors (Lipinski definition) is 5. The van der Waals surface area contributed by atoms with Crippen molar-refractivity contribution >= 4 is 23.2 Å². The third-order valence-electron chi connectivity index (χ3n) is 2.59. The number of nitrogens with two attached hydrogens (primary N) is 1. The van der Waals surface area contributed by atoms with Gasteiger partial charge in [0.15, 0.2) is 5.82 Å². The molecule has 0 radical (unpaired) electrons. The van der Waals surface area contributed by atoms with Crippen LogP contribution in [-0.4, -0.2) is 20.7 Å². The van der Waals surface area contributed by atoms with E-state index in [1.807, 2.05) is 23.6 Å². The van der Waals surface area contributed by atoms with Crippen molar-refractivity contribution in [2.75, 3.05) is 5.73 Å². The van der Waals surface area contributed by atoms with E-state index in [0.717, 1.165) is 9.56 Å². The topological polar surface area (TPSA) is 73.8 Å². The minimum Gasteiger partial charge on any atom is -0.368 e. The minimum atomic E-state index is -0.284. The van der Waals surface area contributed by atoms with Gasteiger partial charge in [-0.2, -0.15) is 9.67 Å². The second kappa shape index (κ2) is 4.66. The second-order valence-electron chi connectivity index (χ2n) is 3.85. The van der Waals surface area contributed by atoms with E-state index in [-0.39, 0.29) is 11.9 Å². The van der Waals surface area contributed by atoms with Crippen molar-refractivity contribution in [3.8, 4) is 10.7 Å². The number of nitrogens with zero attached hydrogens (tertiary/aromatic N) is 3. The van der Waals surface area contributed by atoms with E-state index in [2.05, 4.69) is 10.1 Å². The molecule has 94 valence electrons. The van der Waals surface area contributed by atoms with Crippen molar-refractivity contribution < 1.29 is 4.79 Å². The fraction of sp³-hybridized carbons (Fsp3) is 0. The predicted molar refractivity (Wildman–Crippen MR) is 73.9 cm³/mol. The van der Waals surface area contributed by atoms with Gasteiger partial charge in [0.2, 0.25) is 5.95 Å². The van der Waals surface area contributed by atoms with Crippen molar-refractivity contribution in [2.24, 2.45) is 0 Å². The van der Waals surface area contributed by atoms with Gasteiger partial charge in [-0.3, -0.25) is 4.79 Å². The van der Waals surface area contributed by atoms with Crippen LogP contribution in [0.1, 0.15) is 10.4 Å². The number of anilines is 1. The van der Waals surface area contributed by atoms with Gasteiger partial charge in [-0.25, -0.2) is 0 Å². The van der Waals surface area contributed by atoms with Crippen LogP contribution in [0, 0.1) is 0 Å². The first-order valence-corrected chi connectivity index (χ1v) is 6.50. The SMILES string of the molecule is Nc1nc(-c2cccs2)nn1C(=O)c1ccccc1. The van der Waals surface area contributed by atoms with Crippen LogP contribution in [-0.2, 0) is 0 Å². The van der Waals surface area contributed by atoms with Crippen LogP contribution in [0.25, 0.3) is 10.7 Å². The van der Waals surface area contributed by atoms with Gasteiger partial charge in [0.1, 0.15) is 0 Å². The summed E-state index contributed by atoms with van der Waals surface area (Å²) in [6, 6.07) is 12.6. The summed E-state index contributed by atoms with van der Waals surface area (Å²) in [5.74, 6) is 0.280. The van der Waals surface area contributed by atoms with Gasteiger partial charge in [-0.1, -0.05) is 24.3 Å². The number of thiophene rings is 1. The number of carbonyl (C=O) groups excluding carboxylic acids is 1. The third kappa shape index (κ3) is 2.13. The Bertz CT molecular complexity index is 704. The summed E-state index contributed by atoms with van der Waals surface area (Å²) in [5.41, 5.74) is 6.28. The summed E-state index contributed by atoms with van der Waals surface area (Å²) >= 11 is 1.50. The molecule has 1 aromatic carbocycles. The first-order chi connectivity index (χ1) is 9.25. The van der Waals surface area contributed by atoms with Crippen molar-refractivity contribution in [1.29, 1.82) is 0 Å². The lowest BCUT2D eigenvalue weighted by Crippen LogP contribution is -2.16. The molecule has 3 rings (SSSR count). The zero-order valence-corrected chi connectivity index (χ0v) is 10.7. The summed E-state index contributed by atoms with van der Waals surface area (Å²) in [4.78, 5) is 17.2. The summed E-state index contributed by atoms with van der Waals surface area (Å²) in [6.45, 7) is 0. The molecule has 0 unspecified atom stereocenters. The molecule has 0 atom stereocenters. The Balaban J connectivity index is 2.00. The van der Waals surface area contributed by atoms with Crippen molar-refractivity contribution in [3.05, 3.63) is 53.4 Å². The van der Waals surface area contributed by atoms with Crippen molar-refractivity contribution in [3.63, 3.8) is 0 Å². The smallest absolute Gasteiger partial charge is 0.281 e. The van der Waals surface area contributed by atoms with Gasteiger partial charge in [0.25, 0.3) is 5.91 Å². The van der Waals surface area contributed by atoms with E-state index in [0.29, 0.717) is 11.4 Å². The van der Waals surface area contributed by atoms with Crippen LogP contribution in [0.5, 0.6) is 0 Å². The standard InChI is InChI=1S/C13H10N4OS/c14-13-15-11(10-7-4-8-19-10)16-17(13)12(18)9-5-2-1-3-6-9/h1-8H,(H2,14,15,16). The number of hydrogen-bond donors (Lipinski definition) is 1. The van der Waals surface area contributed by atoms with Crippen LogP contribution in [0.15, 0.2) is 47.8 Å². The minimum absolute atomic E-state index is 0.0947. The van der Waals surface area contributed by atoms with Crippen LogP contribution in [0.2, 0.25) is 0 Å². The maximum atomic E-state index is 12.2. The number of carbonyl (C=O) groups is 1. The largest absolute Gasteiger partial charge is 0.368 e. The second-order valence-corrected chi connectivity index (χ2v) is 4.80. The molecule has 0 bridgehead atoms. The van der Waals surface area contributed by atoms with Gasteiger partial charge < -0.3 is 5.73 Å². The molecular weight excluding hydrogens is 260 g/mol. The van der Waals surface area contributed by atoms with Crippen LogP contribution < -0.4 is 5.73 Å². The summed E-state index contributed by atoms with van der Waals surface area (Å²) in [7, 11) is 0. The monoisotopic (exact) mass is 270 g/mol. The maximum absolute atomic E-state index is 12.2. The Morgan fingerprint density at radius 3 is 2.63 bits per heavy atom. The third-order valence-corrected chi connectivity index (χ3v) is 3.45. The van der Waals surface area contributed by atoms with Crippen molar-refractivity contribution in [1.82, 2.24) is 14.8 Å². The molecule has 5 nitrogen and oxygen atoms in total. The van der Waals surface area contributed by atoms with Gasteiger partial charge >= 0.3 is 0 Å². The van der Waals surface area contributed by atoms with E-state index in [4.69, 9.17) is 5.73 Å². The molecule has 19 heavy (non-hydrogen) atoms. The van der Waals surface area contributed by atoms with Crippen LogP contribution >= 0.6 is 11.3 Å². The van der Waals surface area contributed by atoms with E-state index in [1.54, 1.807) is 24.3 Å². The highest BCUT2D eigenvalue weighted by atomic mass is 32.1. The quantitative estimate of drug-likeness (QED) is 0.775. The lowest BCUT2D eigenvalue weighted by molar-refractivity contribution is 0.0948. The summed E-state index contributed by atoms with van der Waals surface area (Å²) in [6.07, 6.45) is 0. The number of nitrogen functional groups attached to an aromatic ring is 1. The van der Waals surface area contributed by atoms with E-state index < -0.39 is 0 Å². The first-order valence-electron chi connectivity index (χ1n) is 5.62. The number of rotatable bonds is 2. The summed E-state index contributed by atoms with van der Waals surface area (Å²) < 4.78 is 1.13. The highest BCUT2D eigenvalue weighted by Crippen LogP contribution is 2.22. The lowest BCUT2D eigenvalue weighted by atomic mass is 10.2. The van der Waals surface area contributed by atoms with Crippen LogP contribution in [0.4, 0.5) is 5.95 Å². The molecule has 2 N–H and O–H groups in total. The van der Waals surface area contributed by atoms with Gasteiger partial charge in [-0.05, 0) is 23.6 Å². The fourth-order valence-electron chi connectivity index (χ4n) is 1.69. The molecular formula is C13H10N4OS. The zero-order chi connectivity index (χ0) is 13.2. The molecule has 2 heterocycles. The average Bonchev–Trinajstić information content (AvgIpc) is 3.08. The predicted octanol–water partition coefficient (Wildman–Crippen LogP) is 2.28. The van der Waals surface area contributed by atoms with E-state index in [9.17, 15) is 4.79 Å². The Kier molecular flexibility index (Phi) is 2.85. The Labute approximate surface area is 113 Å². The van der Waals surface area contributed by atoms with Gasteiger partial charge in [0, 0.05) is 5.56 Å². The van der Waals surface area contributed by atoms with Crippen LogP contribution in [0.3, 0.4) is 0 Å². The molecule has 0 aliphatic rings. The van der Waals surface area contributed by atoms with E-state index in [1.165, 1.54) is 11.3 Å². The highest BCUT2D eigenvalue weighted by molar-refractivity contribution is 7.13. The molecule has 0 aliphatic carbocycles. The number of benzene rings is 1. The molecule has 2 aromatic heterocycles. The molecule has 0 amide bonds. The Morgan fingerprint density at radius 2 is 1.95 bits per heavy atom.